The summed E-state index contributed by atoms with van der Waals surface area (Å²) in [6, 6.07) is 13.6. The van der Waals surface area contributed by atoms with Crippen LogP contribution in [0.25, 0.3) is 10.8 Å². The number of hydrogen-bond acceptors (Lipinski definition) is 3. The van der Waals surface area contributed by atoms with Gasteiger partial charge in [-0.1, -0.05) is 30.3 Å². The first-order valence-corrected chi connectivity index (χ1v) is 5.36. The van der Waals surface area contributed by atoms with Gasteiger partial charge in [0.15, 0.2) is 6.10 Å². The van der Waals surface area contributed by atoms with Gasteiger partial charge in [0.25, 0.3) is 5.91 Å². The van der Waals surface area contributed by atoms with E-state index < -0.39 is 6.10 Å². The van der Waals surface area contributed by atoms with Crippen molar-refractivity contribution in [3.05, 3.63) is 42.5 Å². The molecule has 2 aromatic carbocycles. The maximum absolute atomic E-state index is 11.2. The fourth-order valence-corrected chi connectivity index (χ4v) is 1.62. The Kier molecular flexibility index (Phi) is 3.25. The van der Waals surface area contributed by atoms with Gasteiger partial charge in [0.1, 0.15) is 5.75 Å². The number of ether oxygens (including phenoxy) is 1. The molecular weight excluding hydrogens is 216 g/mol. The van der Waals surface area contributed by atoms with Crippen molar-refractivity contribution in [2.45, 2.75) is 13.0 Å². The minimum absolute atomic E-state index is 0.349. The minimum atomic E-state index is -0.610. The van der Waals surface area contributed by atoms with Crippen LogP contribution in [0.1, 0.15) is 6.92 Å². The fourth-order valence-electron chi connectivity index (χ4n) is 1.62. The molecule has 3 N–H and O–H groups in total. The molecule has 2 aromatic rings. The fraction of sp³-hybridized carbons (Fsp3) is 0.154. The number of fused-ring (bicyclic) bond motifs is 1. The van der Waals surface area contributed by atoms with Crippen molar-refractivity contribution in [2.24, 2.45) is 5.84 Å². The van der Waals surface area contributed by atoms with Crippen LogP contribution in [0.3, 0.4) is 0 Å². The molecule has 1 atom stereocenters. The first kappa shape index (κ1) is 11.4. The van der Waals surface area contributed by atoms with Gasteiger partial charge >= 0.3 is 0 Å². The van der Waals surface area contributed by atoms with Crippen molar-refractivity contribution in [3.8, 4) is 5.75 Å². The average Bonchev–Trinajstić information content (AvgIpc) is 2.37. The standard InChI is InChI=1S/C13H14N2O2/c1-9(13(16)15-14)17-12-7-6-10-4-2-3-5-11(10)8-12/h2-9H,14H2,1H3,(H,15,16)/t9-/m1/s1. The molecule has 0 radical (unpaired) electrons. The molecule has 0 heterocycles. The number of benzene rings is 2. The topological polar surface area (TPSA) is 64.3 Å². The quantitative estimate of drug-likeness (QED) is 0.478. The van der Waals surface area contributed by atoms with Gasteiger partial charge in [-0.25, -0.2) is 5.84 Å². The Morgan fingerprint density at radius 1 is 1.24 bits per heavy atom. The van der Waals surface area contributed by atoms with E-state index in [9.17, 15) is 4.79 Å². The van der Waals surface area contributed by atoms with Gasteiger partial charge in [0.2, 0.25) is 0 Å². The Labute approximate surface area is 99.3 Å². The number of rotatable bonds is 3. The largest absolute Gasteiger partial charge is 0.481 e. The number of carbonyl (C=O) groups excluding carboxylic acids is 1. The summed E-state index contributed by atoms with van der Waals surface area (Å²) in [5, 5.41) is 2.21. The van der Waals surface area contributed by atoms with Crippen LogP contribution < -0.4 is 16.0 Å². The first-order chi connectivity index (χ1) is 8.20. The van der Waals surface area contributed by atoms with Gasteiger partial charge in [-0.15, -0.1) is 0 Å². The number of nitrogens with two attached hydrogens (primary N) is 1. The molecule has 1 amide bonds. The zero-order chi connectivity index (χ0) is 12.3. The molecule has 0 saturated carbocycles. The maximum atomic E-state index is 11.2. The molecule has 4 heteroatoms. The smallest absolute Gasteiger partial charge is 0.274 e. The Balaban J connectivity index is 2.22. The van der Waals surface area contributed by atoms with Crippen LogP contribution in [-0.4, -0.2) is 12.0 Å². The number of amides is 1. The Hall–Kier alpha value is -2.07. The first-order valence-electron chi connectivity index (χ1n) is 5.36. The second-order valence-electron chi connectivity index (χ2n) is 3.78. The van der Waals surface area contributed by atoms with E-state index in [1.165, 1.54) is 0 Å². The highest BCUT2D eigenvalue weighted by Gasteiger charge is 2.12. The number of hydrogen-bond donors (Lipinski definition) is 2. The van der Waals surface area contributed by atoms with Crippen LogP contribution in [0, 0.1) is 0 Å². The molecule has 0 aliphatic rings. The van der Waals surface area contributed by atoms with E-state index >= 15 is 0 Å². The molecule has 2 rings (SSSR count). The second kappa shape index (κ2) is 4.84. The van der Waals surface area contributed by atoms with Crippen LogP contribution in [0.2, 0.25) is 0 Å². The third-order valence-electron chi connectivity index (χ3n) is 2.55. The van der Waals surface area contributed by atoms with Crippen molar-refractivity contribution in [2.75, 3.05) is 0 Å². The zero-order valence-corrected chi connectivity index (χ0v) is 9.51. The Morgan fingerprint density at radius 2 is 1.94 bits per heavy atom. The van der Waals surface area contributed by atoms with Gasteiger partial charge in [-0.05, 0) is 29.8 Å². The van der Waals surface area contributed by atoms with Crippen molar-refractivity contribution in [1.82, 2.24) is 5.43 Å². The molecule has 0 aliphatic carbocycles. The lowest BCUT2D eigenvalue weighted by Crippen LogP contribution is -2.40. The summed E-state index contributed by atoms with van der Waals surface area (Å²) < 4.78 is 5.48. The molecule has 0 spiro atoms. The van der Waals surface area contributed by atoms with Crippen LogP contribution in [0.5, 0.6) is 5.75 Å². The predicted octanol–water partition coefficient (Wildman–Crippen LogP) is 1.60. The summed E-state index contributed by atoms with van der Waals surface area (Å²) in [5.41, 5.74) is 2.06. The van der Waals surface area contributed by atoms with E-state index in [1.807, 2.05) is 42.5 Å². The second-order valence-corrected chi connectivity index (χ2v) is 3.78. The summed E-state index contributed by atoms with van der Waals surface area (Å²) in [4.78, 5) is 11.2. The molecular formula is C13H14N2O2. The monoisotopic (exact) mass is 230 g/mol. The number of nitrogens with one attached hydrogen (secondary N) is 1. The average molecular weight is 230 g/mol. The van der Waals surface area contributed by atoms with Crippen molar-refractivity contribution < 1.29 is 9.53 Å². The van der Waals surface area contributed by atoms with Crippen molar-refractivity contribution >= 4 is 16.7 Å². The lowest BCUT2D eigenvalue weighted by atomic mass is 10.1. The number of carbonyl (C=O) groups is 1. The molecule has 4 nitrogen and oxygen atoms in total. The van der Waals surface area contributed by atoms with Crippen LogP contribution in [-0.2, 0) is 4.79 Å². The highest BCUT2D eigenvalue weighted by molar-refractivity contribution is 5.84. The molecule has 0 aromatic heterocycles. The Morgan fingerprint density at radius 3 is 2.65 bits per heavy atom. The van der Waals surface area contributed by atoms with Crippen LogP contribution in [0.4, 0.5) is 0 Å². The van der Waals surface area contributed by atoms with E-state index in [1.54, 1.807) is 6.92 Å². The van der Waals surface area contributed by atoms with Gasteiger partial charge in [0.05, 0.1) is 0 Å². The maximum Gasteiger partial charge on any atom is 0.274 e. The third kappa shape index (κ3) is 2.54. The highest BCUT2D eigenvalue weighted by atomic mass is 16.5. The summed E-state index contributed by atoms with van der Waals surface area (Å²) in [6.45, 7) is 1.65. The van der Waals surface area contributed by atoms with E-state index in [2.05, 4.69) is 5.43 Å². The molecule has 0 saturated heterocycles. The van der Waals surface area contributed by atoms with E-state index in [-0.39, 0.29) is 5.91 Å². The van der Waals surface area contributed by atoms with E-state index in [4.69, 9.17) is 10.6 Å². The van der Waals surface area contributed by atoms with E-state index in [0.29, 0.717) is 5.75 Å². The van der Waals surface area contributed by atoms with Crippen molar-refractivity contribution in [3.63, 3.8) is 0 Å². The normalized spacial score (nSPS) is 12.1. The summed E-state index contributed by atoms with van der Waals surface area (Å²) in [6.07, 6.45) is -0.610. The van der Waals surface area contributed by atoms with Gasteiger partial charge in [0, 0.05) is 0 Å². The lowest BCUT2D eigenvalue weighted by Gasteiger charge is -2.13. The van der Waals surface area contributed by atoms with Gasteiger partial charge in [-0.3, -0.25) is 10.2 Å². The van der Waals surface area contributed by atoms with E-state index in [0.717, 1.165) is 10.8 Å². The number of hydrazine groups is 1. The van der Waals surface area contributed by atoms with Crippen LogP contribution in [0.15, 0.2) is 42.5 Å². The highest BCUT2D eigenvalue weighted by Crippen LogP contribution is 2.21. The minimum Gasteiger partial charge on any atom is -0.481 e. The lowest BCUT2D eigenvalue weighted by molar-refractivity contribution is -0.127. The van der Waals surface area contributed by atoms with Crippen LogP contribution >= 0.6 is 0 Å². The Bertz CT molecular complexity index is 540. The molecule has 0 fully saturated rings. The SMILES string of the molecule is C[C@@H](Oc1ccc2ccccc2c1)C(=O)NN. The molecule has 0 aliphatic heterocycles. The molecule has 88 valence electrons. The molecule has 0 unspecified atom stereocenters. The van der Waals surface area contributed by atoms with Gasteiger partial charge < -0.3 is 4.74 Å². The summed E-state index contributed by atoms with van der Waals surface area (Å²) in [5.74, 6) is 5.34. The third-order valence-corrected chi connectivity index (χ3v) is 2.55. The van der Waals surface area contributed by atoms with Gasteiger partial charge in [-0.2, -0.15) is 0 Å². The molecule has 17 heavy (non-hydrogen) atoms. The molecule has 0 bridgehead atoms. The zero-order valence-electron chi connectivity index (χ0n) is 9.51. The summed E-state index contributed by atoms with van der Waals surface area (Å²) >= 11 is 0. The van der Waals surface area contributed by atoms with Crippen molar-refractivity contribution in [1.29, 1.82) is 0 Å². The predicted molar refractivity (Wildman–Crippen MR) is 66.4 cm³/mol. The summed E-state index contributed by atoms with van der Waals surface area (Å²) in [7, 11) is 0.